The third-order valence-electron chi connectivity index (χ3n) is 3.75. The number of carbonyl (C=O) groups is 1. The summed E-state index contributed by atoms with van der Waals surface area (Å²) in [6, 6.07) is 11.8. The number of benzene rings is 2. The molecule has 1 heterocycles. The van der Waals surface area contributed by atoms with Crippen LogP contribution >= 0.6 is 23.2 Å². The monoisotopic (exact) mass is 336 g/mol. The van der Waals surface area contributed by atoms with Gasteiger partial charge in [-0.25, -0.2) is 10.0 Å². The molecule has 2 aromatic carbocycles. The van der Waals surface area contributed by atoms with Gasteiger partial charge in [-0.1, -0.05) is 47.5 Å². The Morgan fingerprint density at radius 1 is 1.09 bits per heavy atom. The molecule has 2 aromatic rings. The molecule has 0 spiro atoms. The summed E-state index contributed by atoms with van der Waals surface area (Å²) >= 11 is 12.0. The van der Waals surface area contributed by atoms with Crippen molar-refractivity contribution in [3.8, 4) is 0 Å². The summed E-state index contributed by atoms with van der Waals surface area (Å²) in [5.41, 5.74) is -0.156. The molecule has 0 aliphatic carbocycles. The fourth-order valence-corrected chi connectivity index (χ4v) is 3.11. The maximum atomic E-state index is 12.6. The Hall–Kier alpha value is -1.59. The van der Waals surface area contributed by atoms with Crippen LogP contribution in [0.15, 0.2) is 42.5 Å². The van der Waals surface area contributed by atoms with Crippen LogP contribution in [0.1, 0.15) is 21.5 Å². The predicted molar refractivity (Wildman–Crippen MR) is 85.8 cm³/mol. The quantitative estimate of drug-likeness (QED) is 0.916. The molecule has 114 valence electrons. The minimum Gasteiger partial charge on any atom is -0.362 e. The minimum atomic E-state index is -1.62. The number of hydrazine groups is 1. The highest BCUT2D eigenvalue weighted by Gasteiger charge is 2.51. The average molecular weight is 337 g/mol. The maximum Gasteiger partial charge on any atom is 0.271 e. The van der Waals surface area contributed by atoms with Gasteiger partial charge in [0.25, 0.3) is 5.91 Å². The molecule has 0 saturated carbocycles. The molecule has 1 aliphatic heterocycles. The van der Waals surface area contributed by atoms with Gasteiger partial charge in [0.15, 0.2) is 0 Å². The number of aliphatic hydroxyl groups is 1. The summed E-state index contributed by atoms with van der Waals surface area (Å²) < 4.78 is 0. The number of carbonyl (C=O) groups excluding carboxylic acids is 1. The zero-order valence-corrected chi connectivity index (χ0v) is 13.6. The Balaban J connectivity index is 2.28. The van der Waals surface area contributed by atoms with E-state index < -0.39 is 5.72 Å². The first-order valence-corrected chi connectivity index (χ1v) is 7.42. The van der Waals surface area contributed by atoms with E-state index in [-0.39, 0.29) is 5.91 Å². The number of amides is 1. The van der Waals surface area contributed by atoms with Gasteiger partial charge >= 0.3 is 0 Å². The van der Waals surface area contributed by atoms with E-state index in [9.17, 15) is 9.90 Å². The maximum absolute atomic E-state index is 12.6. The smallest absolute Gasteiger partial charge is 0.271 e. The summed E-state index contributed by atoms with van der Waals surface area (Å²) in [7, 11) is 3.40. The first kappa shape index (κ1) is 15.3. The van der Waals surface area contributed by atoms with Crippen molar-refractivity contribution < 1.29 is 9.90 Å². The normalized spacial score (nSPS) is 20.6. The molecule has 6 heteroatoms. The van der Waals surface area contributed by atoms with E-state index in [1.165, 1.54) is 5.01 Å². The highest BCUT2D eigenvalue weighted by atomic mass is 35.5. The van der Waals surface area contributed by atoms with Crippen molar-refractivity contribution in [2.24, 2.45) is 0 Å². The second kappa shape index (κ2) is 5.25. The molecule has 0 bridgehead atoms. The largest absolute Gasteiger partial charge is 0.362 e. The van der Waals surface area contributed by atoms with Crippen molar-refractivity contribution in [3.63, 3.8) is 0 Å². The average Bonchev–Trinajstić information content (AvgIpc) is 2.72. The molecule has 0 fully saturated rings. The van der Waals surface area contributed by atoms with Crippen LogP contribution in [-0.2, 0) is 5.72 Å². The van der Waals surface area contributed by atoms with Gasteiger partial charge in [-0.2, -0.15) is 0 Å². The van der Waals surface area contributed by atoms with Gasteiger partial charge in [-0.05, 0) is 18.2 Å². The first-order valence-electron chi connectivity index (χ1n) is 6.66. The van der Waals surface area contributed by atoms with Crippen molar-refractivity contribution in [2.75, 3.05) is 14.1 Å². The molecule has 3 rings (SSSR count). The lowest BCUT2D eigenvalue weighted by atomic mass is 9.94. The molecule has 4 nitrogen and oxygen atoms in total. The van der Waals surface area contributed by atoms with Crippen molar-refractivity contribution in [1.82, 2.24) is 10.0 Å². The summed E-state index contributed by atoms with van der Waals surface area (Å²) in [4.78, 5) is 12.6. The molecular weight excluding hydrogens is 323 g/mol. The second-order valence-corrected chi connectivity index (χ2v) is 6.13. The van der Waals surface area contributed by atoms with E-state index >= 15 is 0 Å². The van der Waals surface area contributed by atoms with Gasteiger partial charge in [0.05, 0.1) is 10.0 Å². The minimum absolute atomic E-state index is 0.269. The van der Waals surface area contributed by atoms with E-state index in [1.54, 1.807) is 61.6 Å². The predicted octanol–water partition coefficient (Wildman–Crippen LogP) is 3.12. The molecule has 0 aromatic heterocycles. The Bertz CT molecular complexity index is 764. The van der Waals surface area contributed by atoms with Gasteiger partial charge in [-0.15, -0.1) is 0 Å². The zero-order chi connectivity index (χ0) is 16.1. The number of hydrogen-bond acceptors (Lipinski definition) is 3. The molecule has 1 amide bonds. The van der Waals surface area contributed by atoms with E-state index in [2.05, 4.69) is 0 Å². The van der Waals surface area contributed by atoms with Crippen molar-refractivity contribution >= 4 is 29.1 Å². The number of rotatable bonds is 2. The zero-order valence-electron chi connectivity index (χ0n) is 12.0. The van der Waals surface area contributed by atoms with Crippen molar-refractivity contribution in [1.29, 1.82) is 0 Å². The molecule has 0 saturated heterocycles. The molecule has 1 unspecified atom stereocenters. The van der Waals surface area contributed by atoms with Crippen LogP contribution in [0.25, 0.3) is 0 Å². The summed E-state index contributed by atoms with van der Waals surface area (Å²) in [6.07, 6.45) is 0. The molecule has 1 aliphatic rings. The number of nitrogens with zero attached hydrogens (tertiary/aromatic N) is 2. The van der Waals surface area contributed by atoms with E-state index in [4.69, 9.17) is 23.2 Å². The fraction of sp³-hybridized carbons (Fsp3) is 0.188. The van der Waals surface area contributed by atoms with Gasteiger partial charge in [0.1, 0.15) is 0 Å². The number of fused-ring (bicyclic) bond motifs is 1. The molecule has 1 N–H and O–H groups in total. The molecular formula is C16H14Cl2N2O2. The number of halogens is 2. The first-order chi connectivity index (χ1) is 10.4. The topological polar surface area (TPSA) is 43.8 Å². The Kier molecular flexibility index (Phi) is 3.65. The van der Waals surface area contributed by atoms with Crippen LogP contribution in [0, 0.1) is 0 Å². The van der Waals surface area contributed by atoms with Gasteiger partial charge in [-0.3, -0.25) is 4.79 Å². The Morgan fingerprint density at radius 3 is 2.41 bits per heavy atom. The Labute approximate surface area is 138 Å². The van der Waals surface area contributed by atoms with Gasteiger partial charge < -0.3 is 5.11 Å². The lowest BCUT2D eigenvalue weighted by Crippen LogP contribution is -2.51. The second-order valence-electron chi connectivity index (χ2n) is 5.31. The fourth-order valence-electron chi connectivity index (χ4n) is 2.81. The van der Waals surface area contributed by atoms with Gasteiger partial charge in [0.2, 0.25) is 5.72 Å². The van der Waals surface area contributed by atoms with Crippen LogP contribution < -0.4 is 0 Å². The summed E-state index contributed by atoms with van der Waals surface area (Å²) in [5.74, 6) is -0.269. The summed E-state index contributed by atoms with van der Waals surface area (Å²) in [5, 5.41) is 15.0. The highest BCUT2D eigenvalue weighted by molar-refractivity contribution is 6.42. The van der Waals surface area contributed by atoms with Crippen LogP contribution in [-0.4, -0.2) is 35.1 Å². The molecule has 22 heavy (non-hydrogen) atoms. The third kappa shape index (κ3) is 2.03. The molecule has 1 atom stereocenters. The van der Waals surface area contributed by atoms with E-state index in [1.807, 2.05) is 0 Å². The lowest BCUT2D eigenvalue weighted by Gasteiger charge is -2.38. The van der Waals surface area contributed by atoms with E-state index in [0.717, 1.165) is 0 Å². The van der Waals surface area contributed by atoms with Crippen molar-refractivity contribution in [3.05, 3.63) is 69.2 Å². The van der Waals surface area contributed by atoms with Gasteiger partial charge in [0, 0.05) is 30.8 Å². The van der Waals surface area contributed by atoms with Crippen molar-refractivity contribution in [2.45, 2.75) is 5.72 Å². The van der Waals surface area contributed by atoms with Crippen LogP contribution in [0.4, 0.5) is 0 Å². The Morgan fingerprint density at radius 2 is 1.77 bits per heavy atom. The summed E-state index contributed by atoms with van der Waals surface area (Å²) in [6.45, 7) is 0. The SMILES string of the molecule is CN(C)N1C(=O)c2ccccc2C1(O)c1ccc(Cl)c(Cl)c1. The lowest BCUT2D eigenvalue weighted by molar-refractivity contribution is -0.136. The van der Waals surface area contributed by atoms with Crippen LogP contribution in [0.2, 0.25) is 10.0 Å². The molecule has 0 radical (unpaired) electrons. The van der Waals surface area contributed by atoms with E-state index in [0.29, 0.717) is 26.7 Å². The third-order valence-corrected chi connectivity index (χ3v) is 4.49. The number of hydrogen-bond donors (Lipinski definition) is 1. The highest BCUT2D eigenvalue weighted by Crippen LogP contribution is 2.43. The standard InChI is InChI=1S/C16H14Cl2N2O2/c1-19(2)20-15(21)11-5-3-4-6-12(11)16(20,22)10-7-8-13(17)14(18)9-10/h3-9,22H,1-2H3. The van der Waals surface area contributed by atoms with Crippen LogP contribution in [0.5, 0.6) is 0 Å². The van der Waals surface area contributed by atoms with Crippen LogP contribution in [0.3, 0.4) is 0 Å².